The van der Waals surface area contributed by atoms with Crippen molar-refractivity contribution in [3.8, 4) is 0 Å². The Hall–Kier alpha value is -0.600. The van der Waals surface area contributed by atoms with Crippen LogP contribution in [0.5, 0.6) is 0 Å². The summed E-state index contributed by atoms with van der Waals surface area (Å²) in [5, 5.41) is 2.16. The van der Waals surface area contributed by atoms with E-state index in [-0.39, 0.29) is 0 Å². The zero-order chi connectivity index (χ0) is 9.26. The second kappa shape index (κ2) is 3.64. The van der Waals surface area contributed by atoms with E-state index >= 15 is 0 Å². The molecule has 0 spiro atoms. The molecule has 0 bridgehead atoms. The summed E-state index contributed by atoms with van der Waals surface area (Å²) in [5.74, 6) is 0. The van der Waals surface area contributed by atoms with E-state index in [4.69, 9.17) is 0 Å². The van der Waals surface area contributed by atoms with Gasteiger partial charge in [0, 0.05) is 9.14 Å². The van der Waals surface area contributed by atoms with Crippen LogP contribution in [0.3, 0.4) is 0 Å². The summed E-state index contributed by atoms with van der Waals surface area (Å²) in [6.07, 6.45) is 0. The van der Waals surface area contributed by atoms with Gasteiger partial charge in [-0.2, -0.15) is 0 Å². The van der Waals surface area contributed by atoms with Crippen LogP contribution >= 0.6 is 23.5 Å². The molecular formula is C11H10S2. The van der Waals surface area contributed by atoms with Crippen LogP contribution in [0.4, 0.5) is 0 Å². The Morgan fingerprint density at radius 2 is 1.85 bits per heavy atom. The molecule has 1 aromatic rings. The SMILES string of the molecule is C=C1SC=C(c2ccc(C)cc2)S1. The zero-order valence-corrected chi connectivity index (χ0v) is 9.04. The first kappa shape index (κ1) is 8.97. The molecule has 1 aromatic carbocycles. The largest absolute Gasteiger partial charge is 0.0901 e. The van der Waals surface area contributed by atoms with Gasteiger partial charge in [-0.3, -0.25) is 0 Å². The molecule has 0 unspecified atom stereocenters. The van der Waals surface area contributed by atoms with Crippen LogP contribution in [0.2, 0.25) is 0 Å². The predicted molar refractivity (Wildman–Crippen MR) is 63.5 cm³/mol. The Labute approximate surface area is 87.1 Å². The lowest BCUT2D eigenvalue weighted by Crippen LogP contribution is -1.77. The van der Waals surface area contributed by atoms with Gasteiger partial charge in [-0.05, 0) is 17.9 Å². The summed E-state index contributed by atoms with van der Waals surface area (Å²) in [7, 11) is 0. The second-order valence-corrected chi connectivity index (χ2v) is 5.30. The smallest absolute Gasteiger partial charge is 0.0421 e. The highest BCUT2D eigenvalue weighted by Gasteiger charge is 2.10. The Morgan fingerprint density at radius 3 is 2.38 bits per heavy atom. The van der Waals surface area contributed by atoms with E-state index in [9.17, 15) is 0 Å². The third-order valence-electron chi connectivity index (χ3n) is 1.86. The van der Waals surface area contributed by atoms with Crippen molar-refractivity contribution < 1.29 is 0 Å². The van der Waals surface area contributed by atoms with Gasteiger partial charge in [0.1, 0.15) is 0 Å². The van der Waals surface area contributed by atoms with E-state index in [0.29, 0.717) is 0 Å². The fourth-order valence-electron chi connectivity index (χ4n) is 1.13. The van der Waals surface area contributed by atoms with E-state index in [2.05, 4.69) is 43.2 Å². The maximum absolute atomic E-state index is 3.92. The minimum Gasteiger partial charge on any atom is -0.0901 e. The van der Waals surface area contributed by atoms with Gasteiger partial charge in [-0.1, -0.05) is 59.9 Å². The fraction of sp³-hybridized carbons (Fsp3) is 0.0909. The van der Waals surface area contributed by atoms with Crippen molar-refractivity contribution in [3.05, 3.63) is 51.6 Å². The lowest BCUT2D eigenvalue weighted by molar-refractivity contribution is 1.46. The third kappa shape index (κ3) is 2.01. The topological polar surface area (TPSA) is 0 Å². The first-order chi connectivity index (χ1) is 6.25. The highest BCUT2D eigenvalue weighted by molar-refractivity contribution is 8.31. The highest BCUT2D eigenvalue weighted by Crippen LogP contribution is 2.47. The minimum absolute atomic E-state index is 1.16. The monoisotopic (exact) mass is 206 g/mol. The molecule has 0 fully saturated rings. The van der Waals surface area contributed by atoms with Crippen LogP contribution in [0.15, 0.2) is 40.5 Å². The standard InChI is InChI=1S/C11H10S2/c1-8-3-5-10(6-4-8)11-7-12-9(2)13-11/h3-7H,2H2,1H3. The number of aryl methyl sites for hydroxylation is 1. The van der Waals surface area contributed by atoms with Crippen LogP contribution < -0.4 is 0 Å². The summed E-state index contributed by atoms with van der Waals surface area (Å²) in [5.41, 5.74) is 2.60. The van der Waals surface area contributed by atoms with E-state index in [1.165, 1.54) is 16.0 Å². The summed E-state index contributed by atoms with van der Waals surface area (Å²) >= 11 is 3.46. The van der Waals surface area contributed by atoms with Gasteiger partial charge in [-0.15, -0.1) is 0 Å². The lowest BCUT2D eigenvalue weighted by Gasteiger charge is -2.00. The van der Waals surface area contributed by atoms with E-state index in [1.54, 1.807) is 23.5 Å². The normalized spacial score (nSPS) is 16.1. The average Bonchev–Trinajstić information content (AvgIpc) is 2.53. The summed E-state index contributed by atoms with van der Waals surface area (Å²) in [6.45, 7) is 6.03. The van der Waals surface area contributed by atoms with Gasteiger partial charge in [0.15, 0.2) is 0 Å². The molecule has 0 radical (unpaired) electrons. The van der Waals surface area contributed by atoms with Gasteiger partial charge in [0.05, 0.1) is 0 Å². The Balaban J connectivity index is 2.27. The Morgan fingerprint density at radius 1 is 1.15 bits per heavy atom. The molecule has 2 rings (SSSR count). The van der Waals surface area contributed by atoms with Crippen molar-refractivity contribution in [2.75, 3.05) is 0 Å². The van der Waals surface area contributed by atoms with Crippen molar-refractivity contribution in [2.24, 2.45) is 0 Å². The second-order valence-electron chi connectivity index (χ2n) is 2.94. The molecule has 0 nitrogen and oxygen atoms in total. The quantitative estimate of drug-likeness (QED) is 0.674. The third-order valence-corrected chi connectivity index (χ3v) is 3.96. The van der Waals surface area contributed by atoms with Crippen LogP contribution in [0.1, 0.15) is 11.1 Å². The molecule has 0 aromatic heterocycles. The molecule has 1 aliphatic rings. The Bertz CT molecular complexity index is 360. The summed E-state index contributed by atoms with van der Waals surface area (Å²) in [4.78, 5) is 1.31. The molecule has 0 saturated heterocycles. The minimum atomic E-state index is 1.16. The number of rotatable bonds is 1. The maximum Gasteiger partial charge on any atom is 0.0421 e. The molecule has 0 aliphatic carbocycles. The molecule has 0 saturated carbocycles. The first-order valence-corrected chi connectivity index (χ1v) is 5.76. The van der Waals surface area contributed by atoms with Gasteiger partial charge >= 0.3 is 0 Å². The van der Waals surface area contributed by atoms with Crippen molar-refractivity contribution in [1.82, 2.24) is 0 Å². The molecule has 2 heteroatoms. The molecule has 66 valence electrons. The molecular weight excluding hydrogens is 196 g/mol. The van der Waals surface area contributed by atoms with Crippen molar-refractivity contribution >= 4 is 28.4 Å². The Kier molecular flexibility index (Phi) is 2.51. The molecule has 0 atom stereocenters. The molecule has 1 aliphatic heterocycles. The summed E-state index contributed by atoms with van der Waals surface area (Å²) < 4.78 is 1.16. The predicted octanol–water partition coefficient (Wildman–Crippen LogP) is 4.24. The molecule has 0 N–H and O–H groups in total. The highest BCUT2D eigenvalue weighted by atomic mass is 32.2. The van der Waals surface area contributed by atoms with Crippen molar-refractivity contribution in [1.29, 1.82) is 0 Å². The summed E-state index contributed by atoms with van der Waals surface area (Å²) in [6, 6.07) is 8.60. The van der Waals surface area contributed by atoms with Crippen molar-refractivity contribution in [2.45, 2.75) is 6.92 Å². The van der Waals surface area contributed by atoms with Crippen LogP contribution in [0.25, 0.3) is 4.91 Å². The maximum atomic E-state index is 3.92. The van der Waals surface area contributed by atoms with Crippen LogP contribution in [0, 0.1) is 6.92 Å². The fourth-order valence-corrected chi connectivity index (χ4v) is 2.95. The number of hydrogen-bond acceptors (Lipinski definition) is 2. The van der Waals surface area contributed by atoms with E-state index in [0.717, 1.165) is 4.24 Å². The average molecular weight is 206 g/mol. The molecule has 0 amide bonds. The number of thioether (sulfide) groups is 2. The lowest BCUT2D eigenvalue weighted by atomic mass is 10.1. The van der Waals surface area contributed by atoms with Gasteiger partial charge in [-0.25, -0.2) is 0 Å². The van der Waals surface area contributed by atoms with Crippen molar-refractivity contribution in [3.63, 3.8) is 0 Å². The van der Waals surface area contributed by atoms with Crippen LogP contribution in [-0.4, -0.2) is 0 Å². The van der Waals surface area contributed by atoms with Gasteiger partial charge in [0.25, 0.3) is 0 Å². The van der Waals surface area contributed by atoms with Crippen LogP contribution in [-0.2, 0) is 0 Å². The number of benzene rings is 1. The molecule has 13 heavy (non-hydrogen) atoms. The number of hydrogen-bond donors (Lipinski definition) is 0. The van der Waals surface area contributed by atoms with E-state index in [1.807, 2.05) is 0 Å². The zero-order valence-electron chi connectivity index (χ0n) is 7.41. The first-order valence-electron chi connectivity index (χ1n) is 4.06. The van der Waals surface area contributed by atoms with Gasteiger partial charge in [0.2, 0.25) is 0 Å². The molecule has 1 heterocycles. The van der Waals surface area contributed by atoms with E-state index < -0.39 is 0 Å². The van der Waals surface area contributed by atoms with Gasteiger partial charge < -0.3 is 0 Å².